The summed E-state index contributed by atoms with van der Waals surface area (Å²) in [5, 5.41) is 8.91. The summed E-state index contributed by atoms with van der Waals surface area (Å²) in [6.07, 6.45) is -1.27. The Morgan fingerprint density at radius 3 is 2.46 bits per heavy atom. The van der Waals surface area contributed by atoms with Gasteiger partial charge in [0.15, 0.2) is 0 Å². The summed E-state index contributed by atoms with van der Waals surface area (Å²) in [5.41, 5.74) is 11.8. The van der Waals surface area contributed by atoms with E-state index >= 15 is 0 Å². The van der Waals surface area contributed by atoms with Crippen molar-refractivity contribution in [3.63, 3.8) is 0 Å². The van der Waals surface area contributed by atoms with Gasteiger partial charge in [-0.15, -0.1) is 0 Å². The standard InChI is InChI=1S/C8H9N2O3/c9-7(12)8(10)13-6-3-1-5(11)2-4-6/h1-4,8-9,11H,10H2. The Kier molecular flexibility index (Phi) is 2.71. The number of hydrogen-bond acceptors (Lipinski definition) is 4. The first-order valence-corrected chi connectivity index (χ1v) is 3.56. The highest BCUT2D eigenvalue weighted by Gasteiger charge is 2.10. The van der Waals surface area contributed by atoms with Gasteiger partial charge in [-0.2, -0.15) is 0 Å². The van der Waals surface area contributed by atoms with Crippen LogP contribution in [-0.4, -0.2) is 17.2 Å². The number of rotatable bonds is 3. The minimum Gasteiger partial charge on any atom is -0.508 e. The van der Waals surface area contributed by atoms with Crippen molar-refractivity contribution in [2.45, 2.75) is 6.23 Å². The number of ether oxygens (including phenoxy) is 1. The van der Waals surface area contributed by atoms with Crippen molar-refractivity contribution in [1.82, 2.24) is 5.73 Å². The molecule has 0 aliphatic heterocycles. The normalized spacial score (nSPS) is 12.1. The molecule has 0 aliphatic rings. The van der Waals surface area contributed by atoms with Gasteiger partial charge in [-0.05, 0) is 24.3 Å². The van der Waals surface area contributed by atoms with Gasteiger partial charge in [0.2, 0.25) is 6.23 Å². The molecule has 0 aliphatic carbocycles. The van der Waals surface area contributed by atoms with E-state index < -0.39 is 12.1 Å². The Bertz CT molecular complexity index is 297. The molecule has 0 spiro atoms. The third-order valence-electron chi connectivity index (χ3n) is 1.36. The van der Waals surface area contributed by atoms with Gasteiger partial charge in [0.1, 0.15) is 11.5 Å². The molecule has 5 heteroatoms. The largest absolute Gasteiger partial charge is 0.508 e. The average Bonchev–Trinajstić information content (AvgIpc) is 2.08. The van der Waals surface area contributed by atoms with Crippen molar-refractivity contribution < 1.29 is 14.6 Å². The maximum Gasteiger partial charge on any atom is 0.294 e. The molecule has 0 heterocycles. The molecule has 0 saturated heterocycles. The number of phenols is 1. The van der Waals surface area contributed by atoms with E-state index in [9.17, 15) is 4.79 Å². The number of benzene rings is 1. The summed E-state index contributed by atoms with van der Waals surface area (Å²) in [4.78, 5) is 10.4. The molecule has 1 amide bonds. The quantitative estimate of drug-likeness (QED) is 0.634. The van der Waals surface area contributed by atoms with E-state index in [1.54, 1.807) is 0 Å². The average molecular weight is 181 g/mol. The molecule has 13 heavy (non-hydrogen) atoms. The van der Waals surface area contributed by atoms with Gasteiger partial charge in [-0.3, -0.25) is 16.3 Å². The fourth-order valence-corrected chi connectivity index (χ4v) is 0.725. The van der Waals surface area contributed by atoms with Crippen molar-refractivity contribution in [3.05, 3.63) is 24.3 Å². The third-order valence-corrected chi connectivity index (χ3v) is 1.36. The molecule has 0 fully saturated rings. The fraction of sp³-hybridized carbons (Fsp3) is 0.125. The van der Waals surface area contributed by atoms with Crippen LogP contribution in [0.4, 0.5) is 0 Å². The first kappa shape index (κ1) is 9.34. The van der Waals surface area contributed by atoms with Crippen molar-refractivity contribution in [1.29, 1.82) is 0 Å². The molecular weight excluding hydrogens is 172 g/mol. The number of hydrogen-bond donors (Lipinski definition) is 2. The summed E-state index contributed by atoms with van der Waals surface area (Å²) in [6.45, 7) is 0. The molecule has 1 aromatic carbocycles. The van der Waals surface area contributed by atoms with Crippen LogP contribution in [0, 0.1) is 0 Å². The van der Waals surface area contributed by atoms with Crippen molar-refractivity contribution in [3.8, 4) is 11.5 Å². The van der Waals surface area contributed by atoms with E-state index in [0.29, 0.717) is 5.75 Å². The maximum atomic E-state index is 10.4. The smallest absolute Gasteiger partial charge is 0.294 e. The van der Waals surface area contributed by atoms with E-state index in [1.807, 2.05) is 0 Å². The Balaban J connectivity index is 2.64. The predicted octanol–water partition coefficient (Wildman–Crippen LogP) is -0.135. The van der Waals surface area contributed by atoms with E-state index in [1.165, 1.54) is 24.3 Å². The monoisotopic (exact) mass is 181 g/mol. The molecular formula is C8H9N2O3. The Morgan fingerprint density at radius 1 is 1.46 bits per heavy atom. The summed E-state index contributed by atoms with van der Waals surface area (Å²) >= 11 is 0. The maximum absolute atomic E-state index is 10.4. The second-order valence-corrected chi connectivity index (χ2v) is 2.40. The van der Waals surface area contributed by atoms with Gasteiger partial charge in [-0.25, -0.2) is 0 Å². The molecule has 1 rings (SSSR count). The fourth-order valence-electron chi connectivity index (χ4n) is 0.725. The third kappa shape index (κ3) is 2.64. The van der Waals surface area contributed by atoms with Gasteiger partial charge in [0.05, 0.1) is 0 Å². The molecule has 1 atom stereocenters. The van der Waals surface area contributed by atoms with Gasteiger partial charge in [-0.1, -0.05) is 0 Å². The molecule has 1 unspecified atom stereocenters. The number of nitrogens with two attached hydrogens (primary N) is 1. The highest BCUT2D eigenvalue weighted by molar-refractivity contribution is 5.77. The second-order valence-electron chi connectivity index (χ2n) is 2.40. The van der Waals surface area contributed by atoms with Crippen LogP contribution in [-0.2, 0) is 4.79 Å². The molecule has 0 aromatic heterocycles. The molecule has 0 saturated carbocycles. The number of carbonyl (C=O) groups excluding carboxylic acids is 1. The van der Waals surface area contributed by atoms with Crippen LogP contribution in [0.25, 0.3) is 0 Å². The summed E-state index contributed by atoms with van der Waals surface area (Å²) in [6, 6.07) is 5.71. The summed E-state index contributed by atoms with van der Waals surface area (Å²) < 4.78 is 4.86. The highest BCUT2D eigenvalue weighted by Crippen LogP contribution is 2.16. The lowest BCUT2D eigenvalue weighted by Crippen LogP contribution is -2.36. The zero-order valence-electron chi connectivity index (χ0n) is 6.73. The molecule has 5 nitrogen and oxygen atoms in total. The first-order valence-electron chi connectivity index (χ1n) is 3.56. The van der Waals surface area contributed by atoms with Gasteiger partial charge in [0.25, 0.3) is 5.91 Å². The van der Waals surface area contributed by atoms with Gasteiger partial charge >= 0.3 is 0 Å². The first-order chi connectivity index (χ1) is 6.09. The number of phenolic OH excluding ortho intramolecular Hbond substituents is 1. The molecule has 4 N–H and O–H groups in total. The number of nitrogens with one attached hydrogen (secondary N) is 1. The van der Waals surface area contributed by atoms with E-state index in [-0.39, 0.29) is 5.75 Å². The second kappa shape index (κ2) is 3.77. The van der Waals surface area contributed by atoms with Gasteiger partial charge < -0.3 is 9.84 Å². The topological polar surface area (TPSA) is 96.4 Å². The zero-order chi connectivity index (χ0) is 9.84. The lowest BCUT2D eigenvalue weighted by atomic mass is 10.3. The number of amides is 1. The summed E-state index contributed by atoms with van der Waals surface area (Å²) in [5.74, 6) is -0.558. The van der Waals surface area contributed by atoms with Crippen LogP contribution in [0.15, 0.2) is 24.3 Å². The Labute approximate surface area is 74.9 Å². The molecule has 1 radical (unpaired) electrons. The Morgan fingerprint density at radius 2 is 2.00 bits per heavy atom. The lowest BCUT2D eigenvalue weighted by molar-refractivity contribution is -0.125. The van der Waals surface area contributed by atoms with Crippen molar-refractivity contribution in [2.24, 2.45) is 5.73 Å². The van der Waals surface area contributed by atoms with Gasteiger partial charge in [0, 0.05) is 0 Å². The SMILES string of the molecule is [NH]C(=O)C(N)Oc1ccc(O)cc1. The van der Waals surface area contributed by atoms with Crippen LogP contribution in [0.5, 0.6) is 11.5 Å². The molecule has 69 valence electrons. The van der Waals surface area contributed by atoms with Crippen molar-refractivity contribution in [2.75, 3.05) is 0 Å². The van der Waals surface area contributed by atoms with E-state index in [4.69, 9.17) is 21.3 Å². The minimum absolute atomic E-state index is 0.0955. The highest BCUT2D eigenvalue weighted by atomic mass is 16.5. The molecule has 0 bridgehead atoms. The molecule has 1 aromatic rings. The van der Waals surface area contributed by atoms with Crippen LogP contribution in [0.3, 0.4) is 0 Å². The zero-order valence-corrected chi connectivity index (χ0v) is 6.73. The van der Waals surface area contributed by atoms with Crippen LogP contribution >= 0.6 is 0 Å². The van der Waals surface area contributed by atoms with Crippen LogP contribution in [0.2, 0.25) is 0 Å². The summed E-state index contributed by atoms with van der Waals surface area (Å²) in [7, 11) is 0. The number of carbonyl (C=O) groups is 1. The minimum atomic E-state index is -1.27. The Hall–Kier alpha value is -1.75. The number of aromatic hydroxyl groups is 1. The van der Waals surface area contributed by atoms with E-state index in [2.05, 4.69) is 0 Å². The van der Waals surface area contributed by atoms with Crippen LogP contribution in [0.1, 0.15) is 0 Å². The van der Waals surface area contributed by atoms with E-state index in [0.717, 1.165) is 0 Å². The predicted molar refractivity (Wildman–Crippen MR) is 44.8 cm³/mol. The van der Waals surface area contributed by atoms with Crippen LogP contribution < -0.4 is 16.2 Å². The van der Waals surface area contributed by atoms with Crippen molar-refractivity contribution >= 4 is 5.91 Å². The lowest BCUT2D eigenvalue weighted by Gasteiger charge is -2.09.